The molecule has 1 aliphatic heterocycles. The van der Waals surface area contributed by atoms with Crippen molar-refractivity contribution in [2.45, 2.75) is 26.0 Å². The molecule has 80 valence electrons. The molecule has 0 aliphatic carbocycles. The molecule has 2 N–H and O–H groups in total. The van der Waals surface area contributed by atoms with Crippen LogP contribution >= 0.6 is 0 Å². The maximum Gasteiger partial charge on any atom is 0.102 e. The highest BCUT2D eigenvalue weighted by molar-refractivity contribution is 5.28. The Balaban J connectivity index is 2.37. The van der Waals surface area contributed by atoms with E-state index in [4.69, 9.17) is 16.9 Å². The van der Waals surface area contributed by atoms with E-state index < -0.39 is 0 Å². The minimum absolute atomic E-state index is 0.516. The van der Waals surface area contributed by atoms with Gasteiger partial charge < -0.3 is 10.5 Å². The maximum absolute atomic E-state index is 5.58. The zero-order valence-corrected chi connectivity index (χ0v) is 8.70. The van der Waals surface area contributed by atoms with Gasteiger partial charge in [-0.1, -0.05) is 5.92 Å². The number of nitrogens with two attached hydrogens (primary N) is 1. The third kappa shape index (κ3) is 1.89. The average Bonchev–Trinajstić information content (AvgIpc) is 2.59. The Labute approximate surface area is 89.4 Å². The van der Waals surface area contributed by atoms with Crippen LogP contribution in [-0.2, 0) is 30.7 Å². The van der Waals surface area contributed by atoms with Gasteiger partial charge in [-0.05, 0) is 6.54 Å². The van der Waals surface area contributed by atoms with Gasteiger partial charge in [0.1, 0.15) is 6.54 Å². The molecule has 0 aromatic carbocycles. The van der Waals surface area contributed by atoms with Crippen molar-refractivity contribution in [2.24, 2.45) is 5.73 Å². The maximum atomic E-state index is 5.58. The molecule has 4 heteroatoms. The number of ether oxygens (including phenoxy) is 1. The summed E-state index contributed by atoms with van der Waals surface area (Å²) in [5, 5.41) is 4.50. The summed E-state index contributed by atoms with van der Waals surface area (Å²) in [4.78, 5) is 0. The van der Waals surface area contributed by atoms with Gasteiger partial charge in [0.25, 0.3) is 0 Å². The highest BCUT2D eigenvalue weighted by Crippen LogP contribution is 2.20. The summed E-state index contributed by atoms with van der Waals surface area (Å²) in [5.74, 6) is 2.61. The van der Waals surface area contributed by atoms with Crippen LogP contribution in [0.4, 0.5) is 0 Å². The van der Waals surface area contributed by atoms with E-state index >= 15 is 0 Å². The molecule has 2 heterocycles. The summed E-state index contributed by atoms with van der Waals surface area (Å²) in [6.45, 7) is 2.53. The van der Waals surface area contributed by atoms with Gasteiger partial charge in [-0.3, -0.25) is 4.68 Å². The van der Waals surface area contributed by atoms with E-state index in [1.54, 1.807) is 0 Å². The molecular formula is C11H15N3O. The lowest BCUT2D eigenvalue weighted by Crippen LogP contribution is -2.13. The van der Waals surface area contributed by atoms with Crippen molar-refractivity contribution in [3.63, 3.8) is 0 Å². The van der Waals surface area contributed by atoms with Crippen LogP contribution < -0.4 is 5.73 Å². The van der Waals surface area contributed by atoms with Crippen LogP contribution in [-0.4, -0.2) is 22.9 Å². The van der Waals surface area contributed by atoms with Gasteiger partial charge in [-0.15, -0.1) is 6.42 Å². The fourth-order valence-corrected chi connectivity index (χ4v) is 1.93. The van der Waals surface area contributed by atoms with Crippen molar-refractivity contribution in [3.05, 3.63) is 17.0 Å². The van der Waals surface area contributed by atoms with Crippen molar-refractivity contribution < 1.29 is 4.74 Å². The molecule has 0 saturated heterocycles. The second kappa shape index (κ2) is 4.47. The van der Waals surface area contributed by atoms with E-state index in [0.717, 1.165) is 30.8 Å². The molecule has 0 fully saturated rings. The minimum Gasteiger partial charge on any atom is -0.376 e. The Hall–Kier alpha value is -1.31. The van der Waals surface area contributed by atoms with E-state index in [1.165, 1.54) is 5.56 Å². The third-order valence-corrected chi connectivity index (χ3v) is 2.60. The van der Waals surface area contributed by atoms with Crippen LogP contribution in [0.2, 0.25) is 0 Å². The number of nitrogens with zero attached hydrogens (tertiary/aromatic N) is 2. The van der Waals surface area contributed by atoms with Crippen LogP contribution in [0, 0.1) is 12.3 Å². The minimum atomic E-state index is 0.516. The number of aromatic nitrogens is 2. The predicted molar refractivity (Wildman–Crippen MR) is 57.2 cm³/mol. The Bertz CT molecular complexity index is 389. The molecule has 15 heavy (non-hydrogen) atoms. The molecule has 0 atom stereocenters. The molecule has 4 nitrogen and oxygen atoms in total. The van der Waals surface area contributed by atoms with E-state index in [0.29, 0.717) is 19.7 Å². The summed E-state index contributed by atoms with van der Waals surface area (Å²) in [6.07, 6.45) is 7.00. The fraction of sp³-hybridized carbons (Fsp3) is 0.545. The summed E-state index contributed by atoms with van der Waals surface area (Å²) >= 11 is 0. The molecule has 1 aromatic heterocycles. The van der Waals surface area contributed by atoms with Gasteiger partial charge in [0.15, 0.2) is 0 Å². The molecule has 0 unspecified atom stereocenters. The number of terminal acetylenes is 1. The molecule has 0 radical (unpaired) electrons. The average molecular weight is 205 g/mol. The first-order valence-corrected chi connectivity index (χ1v) is 5.15. The van der Waals surface area contributed by atoms with Crippen molar-refractivity contribution in [1.29, 1.82) is 0 Å². The lowest BCUT2D eigenvalue weighted by atomic mass is 10.1. The van der Waals surface area contributed by atoms with E-state index in [1.807, 2.05) is 4.68 Å². The largest absolute Gasteiger partial charge is 0.376 e. The molecule has 1 aliphatic rings. The molecule has 0 bridgehead atoms. The smallest absolute Gasteiger partial charge is 0.102 e. The summed E-state index contributed by atoms with van der Waals surface area (Å²) in [5.41, 5.74) is 9.05. The van der Waals surface area contributed by atoms with Gasteiger partial charge in [0.05, 0.1) is 18.9 Å². The Morgan fingerprint density at radius 3 is 3.20 bits per heavy atom. The van der Waals surface area contributed by atoms with E-state index in [-0.39, 0.29) is 0 Å². The van der Waals surface area contributed by atoms with Gasteiger partial charge in [-0.25, -0.2) is 0 Å². The quantitative estimate of drug-likeness (QED) is 0.711. The Morgan fingerprint density at radius 2 is 2.47 bits per heavy atom. The van der Waals surface area contributed by atoms with Gasteiger partial charge in [0.2, 0.25) is 0 Å². The second-order valence-corrected chi connectivity index (χ2v) is 3.57. The number of hydrogen-bond donors (Lipinski definition) is 1. The lowest BCUT2D eigenvalue weighted by Gasteiger charge is -2.12. The SMILES string of the molecule is C#CCn1nc2c(c1CCN)COCC2. The first kappa shape index (κ1) is 10.2. The van der Waals surface area contributed by atoms with Crippen molar-refractivity contribution in [3.8, 4) is 12.3 Å². The second-order valence-electron chi connectivity index (χ2n) is 3.57. The van der Waals surface area contributed by atoms with Gasteiger partial charge >= 0.3 is 0 Å². The summed E-state index contributed by atoms with van der Waals surface area (Å²) in [7, 11) is 0. The first-order valence-electron chi connectivity index (χ1n) is 5.15. The predicted octanol–water partition coefficient (Wildman–Crippen LogP) is 0.0902. The topological polar surface area (TPSA) is 53.1 Å². The molecule has 2 rings (SSSR count). The summed E-state index contributed by atoms with van der Waals surface area (Å²) < 4.78 is 7.31. The Morgan fingerprint density at radius 1 is 1.60 bits per heavy atom. The zero-order chi connectivity index (χ0) is 10.7. The monoisotopic (exact) mass is 205 g/mol. The van der Waals surface area contributed by atoms with Gasteiger partial charge in [-0.2, -0.15) is 5.10 Å². The van der Waals surface area contributed by atoms with E-state index in [2.05, 4.69) is 11.0 Å². The first-order chi connectivity index (χ1) is 7.36. The van der Waals surface area contributed by atoms with Crippen molar-refractivity contribution >= 4 is 0 Å². The molecule has 0 spiro atoms. The normalized spacial score (nSPS) is 14.7. The number of rotatable bonds is 3. The van der Waals surface area contributed by atoms with E-state index in [9.17, 15) is 0 Å². The van der Waals surface area contributed by atoms with Crippen LogP contribution in [0.1, 0.15) is 17.0 Å². The highest BCUT2D eigenvalue weighted by Gasteiger charge is 2.19. The lowest BCUT2D eigenvalue weighted by molar-refractivity contribution is 0.109. The number of hydrogen-bond acceptors (Lipinski definition) is 3. The molecule has 0 amide bonds. The Kier molecular flexibility index (Phi) is 3.05. The van der Waals surface area contributed by atoms with Crippen LogP contribution in [0.3, 0.4) is 0 Å². The third-order valence-electron chi connectivity index (χ3n) is 2.60. The fourth-order valence-electron chi connectivity index (χ4n) is 1.93. The number of fused-ring (bicyclic) bond motifs is 1. The highest BCUT2D eigenvalue weighted by atomic mass is 16.5. The van der Waals surface area contributed by atoms with Crippen LogP contribution in [0.15, 0.2) is 0 Å². The van der Waals surface area contributed by atoms with Crippen LogP contribution in [0.5, 0.6) is 0 Å². The summed E-state index contributed by atoms with van der Waals surface area (Å²) in [6, 6.07) is 0. The van der Waals surface area contributed by atoms with Crippen LogP contribution in [0.25, 0.3) is 0 Å². The standard InChI is InChI=1S/C11H15N3O/c1-2-6-14-11(3-5-12)9-8-15-7-4-10(9)13-14/h1H,3-8,12H2. The molecular weight excluding hydrogens is 190 g/mol. The molecule has 0 saturated carbocycles. The van der Waals surface area contributed by atoms with Crippen molar-refractivity contribution in [1.82, 2.24) is 9.78 Å². The van der Waals surface area contributed by atoms with Gasteiger partial charge in [0, 0.05) is 24.1 Å². The van der Waals surface area contributed by atoms with Crippen molar-refractivity contribution in [2.75, 3.05) is 13.2 Å². The molecule has 1 aromatic rings. The zero-order valence-electron chi connectivity index (χ0n) is 8.70.